The molecule has 1 N–H and O–H groups in total. The van der Waals surface area contributed by atoms with Crippen LogP contribution < -0.4 is 10.1 Å². The highest BCUT2D eigenvalue weighted by Gasteiger charge is 2.28. The van der Waals surface area contributed by atoms with Crippen molar-refractivity contribution in [3.8, 4) is 11.8 Å². The number of methoxy groups -OCH3 is 1. The minimum absolute atomic E-state index is 0.0639. The first-order chi connectivity index (χ1) is 10.0. The molecule has 0 bridgehead atoms. The van der Waals surface area contributed by atoms with E-state index in [1.54, 1.807) is 13.2 Å². The van der Waals surface area contributed by atoms with Crippen LogP contribution in [0.15, 0.2) is 18.2 Å². The number of rotatable bonds is 5. The lowest BCUT2D eigenvalue weighted by Crippen LogP contribution is -2.51. The van der Waals surface area contributed by atoms with Gasteiger partial charge in [0, 0.05) is 13.1 Å². The van der Waals surface area contributed by atoms with Crippen LogP contribution in [0.3, 0.4) is 0 Å². The zero-order chi connectivity index (χ0) is 15.3. The predicted octanol–water partition coefficient (Wildman–Crippen LogP) is 1.85. The van der Waals surface area contributed by atoms with Gasteiger partial charge in [-0.05, 0) is 31.5 Å². The summed E-state index contributed by atoms with van der Waals surface area (Å²) in [6.45, 7) is 6.81. The molecule has 1 fully saturated rings. The fourth-order valence-corrected chi connectivity index (χ4v) is 2.39. The van der Waals surface area contributed by atoms with Gasteiger partial charge in [-0.2, -0.15) is 5.26 Å². The monoisotopic (exact) mass is 290 g/mol. The molecular formula is C16H22N2O3. The van der Waals surface area contributed by atoms with E-state index in [1.807, 2.05) is 12.1 Å². The van der Waals surface area contributed by atoms with Crippen molar-refractivity contribution in [3.05, 3.63) is 29.3 Å². The van der Waals surface area contributed by atoms with Crippen molar-refractivity contribution in [2.45, 2.75) is 32.2 Å². The zero-order valence-electron chi connectivity index (χ0n) is 12.8. The molecule has 1 aromatic carbocycles. The first-order valence-electron chi connectivity index (χ1n) is 7.07. The van der Waals surface area contributed by atoms with Gasteiger partial charge in [-0.25, -0.2) is 0 Å². The number of benzene rings is 1. The van der Waals surface area contributed by atoms with Crippen LogP contribution in [0.4, 0.5) is 0 Å². The number of hydrogen-bond donors (Lipinski definition) is 1. The Morgan fingerprint density at radius 1 is 1.48 bits per heavy atom. The largest absolute Gasteiger partial charge is 0.495 e. The molecule has 0 spiro atoms. The molecule has 0 aliphatic carbocycles. The summed E-state index contributed by atoms with van der Waals surface area (Å²) >= 11 is 0. The Morgan fingerprint density at radius 3 is 2.95 bits per heavy atom. The van der Waals surface area contributed by atoms with Gasteiger partial charge in [-0.1, -0.05) is 6.07 Å². The number of nitrogens with one attached hydrogen (secondary N) is 1. The van der Waals surface area contributed by atoms with Gasteiger partial charge >= 0.3 is 0 Å². The van der Waals surface area contributed by atoms with Crippen molar-refractivity contribution in [2.75, 3.05) is 26.8 Å². The molecule has 1 aliphatic rings. The topological polar surface area (TPSA) is 63.5 Å². The highest BCUT2D eigenvalue weighted by Crippen LogP contribution is 2.20. The molecule has 5 nitrogen and oxygen atoms in total. The average molecular weight is 290 g/mol. The van der Waals surface area contributed by atoms with Gasteiger partial charge in [0.1, 0.15) is 11.8 Å². The van der Waals surface area contributed by atoms with Crippen molar-refractivity contribution >= 4 is 0 Å². The van der Waals surface area contributed by atoms with Crippen molar-refractivity contribution in [2.24, 2.45) is 0 Å². The highest BCUT2D eigenvalue weighted by atomic mass is 16.5. The molecule has 5 heteroatoms. The Morgan fingerprint density at radius 2 is 2.29 bits per heavy atom. The lowest BCUT2D eigenvalue weighted by Gasteiger charge is -2.36. The molecule has 1 atom stereocenters. The fourth-order valence-electron chi connectivity index (χ4n) is 2.39. The van der Waals surface area contributed by atoms with Gasteiger partial charge in [0.25, 0.3) is 0 Å². The molecule has 1 heterocycles. The third-order valence-electron chi connectivity index (χ3n) is 3.37. The molecule has 0 radical (unpaired) electrons. The summed E-state index contributed by atoms with van der Waals surface area (Å²) in [6, 6.07) is 7.56. The molecule has 2 rings (SSSR count). The second kappa shape index (κ2) is 6.90. The van der Waals surface area contributed by atoms with Gasteiger partial charge in [0.2, 0.25) is 0 Å². The van der Waals surface area contributed by atoms with Crippen LogP contribution in [0.25, 0.3) is 0 Å². The molecule has 21 heavy (non-hydrogen) atoms. The van der Waals surface area contributed by atoms with E-state index in [2.05, 4.69) is 25.2 Å². The second-order valence-corrected chi connectivity index (χ2v) is 5.79. The Labute approximate surface area is 125 Å². The first kappa shape index (κ1) is 15.8. The van der Waals surface area contributed by atoms with E-state index < -0.39 is 0 Å². The van der Waals surface area contributed by atoms with E-state index in [-0.39, 0.29) is 11.7 Å². The van der Waals surface area contributed by atoms with Crippen LogP contribution in [-0.2, 0) is 16.1 Å². The summed E-state index contributed by atoms with van der Waals surface area (Å²) in [6.07, 6.45) is 0.0639. The van der Waals surface area contributed by atoms with Gasteiger partial charge in [0.05, 0.1) is 37.6 Å². The van der Waals surface area contributed by atoms with E-state index in [1.165, 1.54) is 0 Å². The van der Waals surface area contributed by atoms with Gasteiger partial charge in [-0.15, -0.1) is 0 Å². The summed E-state index contributed by atoms with van der Waals surface area (Å²) in [5, 5.41) is 12.3. The van der Waals surface area contributed by atoms with Crippen molar-refractivity contribution in [3.63, 3.8) is 0 Å². The SMILES string of the molecule is COc1cc(COCC2CNCC(C)(C)O2)ccc1C#N. The number of morpholine rings is 1. The fraction of sp³-hybridized carbons (Fsp3) is 0.562. The van der Waals surface area contributed by atoms with Gasteiger partial charge in [0.15, 0.2) is 0 Å². The summed E-state index contributed by atoms with van der Waals surface area (Å²) < 4.78 is 16.8. The minimum atomic E-state index is -0.149. The van der Waals surface area contributed by atoms with Crippen LogP contribution in [0.2, 0.25) is 0 Å². The second-order valence-electron chi connectivity index (χ2n) is 5.79. The Bertz CT molecular complexity index is 523. The molecule has 1 saturated heterocycles. The third kappa shape index (κ3) is 4.43. The minimum Gasteiger partial charge on any atom is -0.495 e. The third-order valence-corrected chi connectivity index (χ3v) is 3.37. The Balaban J connectivity index is 1.85. The van der Waals surface area contributed by atoms with Crippen LogP contribution >= 0.6 is 0 Å². The van der Waals surface area contributed by atoms with Crippen LogP contribution in [0.1, 0.15) is 25.0 Å². The molecule has 0 aromatic heterocycles. The van der Waals surface area contributed by atoms with Crippen molar-refractivity contribution in [1.29, 1.82) is 5.26 Å². The maximum atomic E-state index is 8.95. The number of nitriles is 1. The number of ether oxygens (including phenoxy) is 3. The zero-order valence-corrected chi connectivity index (χ0v) is 12.8. The van der Waals surface area contributed by atoms with Gasteiger partial charge in [-0.3, -0.25) is 0 Å². The van der Waals surface area contributed by atoms with E-state index >= 15 is 0 Å². The smallest absolute Gasteiger partial charge is 0.136 e. The number of nitrogens with zero attached hydrogens (tertiary/aromatic N) is 1. The summed E-state index contributed by atoms with van der Waals surface area (Å²) in [7, 11) is 1.56. The van der Waals surface area contributed by atoms with Crippen molar-refractivity contribution in [1.82, 2.24) is 5.32 Å². The lowest BCUT2D eigenvalue weighted by molar-refractivity contribution is -0.122. The van der Waals surface area contributed by atoms with E-state index in [0.717, 1.165) is 18.7 Å². The first-order valence-corrected chi connectivity index (χ1v) is 7.07. The molecular weight excluding hydrogens is 268 g/mol. The Kier molecular flexibility index (Phi) is 5.18. The molecule has 1 aromatic rings. The van der Waals surface area contributed by atoms with Crippen LogP contribution in [0, 0.1) is 11.3 Å². The summed E-state index contributed by atoms with van der Waals surface area (Å²) in [5.41, 5.74) is 1.36. The van der Waals surface area contributed by atoms with E-state index in [9.17, 15) is 0 Å². The quantitative estimate of drug-likeness (QED) is 0.896. The number of hydrogen-bond acceptors (Lipinski definition) is 5. The lowest BCUT2D eigenvalue weighted by atomic mass is 10.1. The average Bonchev–Trinajstić information content (AvgIpc) is 2.46. The molecule has 1 unspecified atom stereocenters. The normalized spacial score (nSPS) is 20.8. The summed E-state index contributed by atoms with van der Waals surface area (Å²) in [4.78, 5) is 0. The Hall–Kier alpha value is -1.61. The molecule has 114 valence electrons. The predicted molar refractivity (Wildman–Crippen MR) is 79.2 cm³/mol. The summed E-state index contributed by atoms with van der Waals surface area (Å²) in [5.74, 6) is 0.579. The van der Waals surface area contributed by atoms with E-state index in [0.29, 0.717) is 24.5 Å². The van der Waals surface area contributed by atoms with Crippen LogP contribution in [0.5, 0.6) is 5.75 Å². The highest BCUT2D eigenvalue weighted by molar-refractivity contribution is 5.45. The van der Waals surface area contributed by atoms with Crippen LogP contribution in [-0.4, -0.2) is 38.5 Å². The molecule has 0 amide bonds. The van der Waals surface area contributed by atoms with Crippen molar-refractivity contribution < 1.29 is 14.2 Å². The maximum Gasteiger partial charge on any atom is 0.136 e. The molecule has 0 saturated carbocycles. The molecule has 1 aliphatic heterocycles. The maximum absolute atomic E-state index is 8.95. The van der Waals surface area contributed by atoms with E-state index in [4.69, 9.17) is 19.5 Å². The standard InChI is InChI=1S/C16H22N2O3/c1-16(2)11-18-8-14(21-16)10-20-9-12-4-5-13(7-17)15(6-12)19-3/h4-6,14,18H,8-11H2,1-3H3. The van der Waals surface area contributed by atoms with Gasteiger partial charge < -0.3 is 19.5 Å².